The zero-order valence-corrected chi connectivity index (χ0v) is 12.3. The maximum atomic E-state index is 13.9. The molecule has 4 rings (SSSR count). The molecule has 6 nitrogen and oxygen atoms in total. The lowest BCUT2D eigenvalue weighted by molar-refractivity contribution is 0.383. The number of hydrogen-bond donors (Lipinski definition) is 4. The number of fused-ring (bicyclic) bond motifs is 1. The van der Waals surface area contributed by atoms with E-state index in [0.717, 1.165) is 29.7 Å². The van der Waals surface area contributed by atoms with Crippen LogP contribution in [0.3, 0.4) is 0 Å². The minimum atomic E-state index is -0.286. The molecule has 2 aliphatic rings. The van der Waals surface area contributed by atoms with Crippen LogP contribution in [-0.2, 0) is 0 Å². The summed E-state index contributed by atoms with van der Waals surface area (Å²) in [4.78, 5) is 11.7. The Labute approximate surface area is 130 Å². The first-order valence-corrected chi connectivity index (χ1v) is 7.40. The molecule has 0 aromatic carbocycles. The van der Waals surface area contributed by atoms with Crippen LogP contribution in [0.25, 0.3) is 11.0 Å². The summed E-state index contributed by atoms with van der Waals surface area (Å²) in [5, 5.41) is 10.6. The topological polar surface area (TPSA) is 77.1 Å². The number of nitrogens with zero attached hydrogens (tertiary/aromatic N) is 2. The molecule has 0 amide bonds. The quantitative estimate of drug-likeness (QED) is 0.687. The molecule has 0 bridgehead atoms. The fourth-order valence-corrected chi connectivity index (χ4v) is 2.64. The fourth-order valence-electron chi connectivity index (χ4n) is 2.48. The lowest BCUT2D eigenvalue weighted by atomic mass is 10.1. The third-order valence-electron chi connectivity index (χ3n) is 3.77. The van der Waals surface area contributed by atoms with Gasteiger partial charge in [-0.25, -0.2) is 14.4 Å². The zero-order chi connectivity index (χ0) is 15.1. The van der Waals surface area contributed by atoms with Crippen LogP contribution in [0.5, 0.6) is 0 Å². The monoisotopic (exact) mass is 320 g/mol. The van der Waals surface area contributed by atoms with Gasteiger partial charge in [0.15, 0.2) is 11.6 Å². The number of H-pyrrole nitrogens is 1. The Morgan fingerprint density at radius 2 is 2.23 bits per heavy atom. The molecular formula is C14H14ClFN6. The van der Waals surface area contributed by atoms with E-state index in [-0.39, 0.29) is 18.4 Å². The van der Waals surface area contributed by atoms with Crippen molar-refractivity contribution in [1.29, 1.82) is 0 Å². The van der Waals surface area contributed by atoms with E-state index in [0.29, 0.717) is 16.7 Å². The van der Waals surface area contributed by atoms with Crippen LogP contribution < -0.4 is 16.0 Å². The summed E-state index contributed by atoms with van der Waals surface area (Å²) < 4.78 is 13.9. The molecule has 8 heteroatoms. The van der Waals surface area contributed by atoms with Gasteiger partial charge in [0, 0.05) is 36.4 Å². The Bertz CT molecular complexity index is 792. The first kappa shape index (κ1) is 13.5. The second kappa shape index (κ2) is 5.26. The summed E-state index contributed by atoms with van der Waals surface area (Å²) in [5.74, 6) is 0.614. The number of halogens is 2. The number of aromatic amines is 1. The van der Waals surface area contributed by atoms with E-state index >= 15 is 0 Å². The molecule has 4 heterocycles. The standard InChI is InChI=1S/C14H14ClFN6/c15-7-1-9-10(5-19-12(9)18-2-7)13-20-6-11(16)14(22-13)21-8-3-17-4-8/h1-2,5,8,17,21H,3-4,6H2,(H,18,19)(H,20,22). The molecule has 2 aliphatic heterocycles. The highest BCUT2D eigenvalue weighted by atomic mass is 35.5. The van der Waals surface area contributed by atoms with Crippen molar-refractivity contribution in [1.82, 2.24) is 25.9 Å². The van der Waals surface area contributed by atoms with E-state index < -0.39 is 0 Å². The smallest absolute Gasteiger partial charge is 0.162 e. The molecule has 0 unspecified atom stereocenters. The molecule has 22 heavy (non-hydrogen) atoms. The maximum absolute atomic E-state index is 13.9. The normalized spacial score (nSPS) is 18.9. The van der Waals surface area contributed by atoms with Crippen LogP contribution in [0.2, 0.25) is 5.02 Å². The second-order valence-electron chi connectivity index (χ2n) is 5.32. The summed E-state index contributed by atoms with van der Waals surface area (Å²) in [6.45, 7) is 1.76. The van der Waals surface area contributed by atoms with Crippen molar-refractivity contribution >= 4 is 28.5 Å². The van der Waals surface area contributed by atoms with Crippen molar-refractivity contribution < 1.29 is 4.39 Å². The lowest BCUT2D eigenvalue weighted by Crippen LogP contribution is -2.55. The van der Waals surface area contributed by atoms with Crippen LogP contribution in [0.4, 0.5) is 4.39 Å². The van der Waals surface area contributed by atoms with Crippen LogP contribution in [0.1, 0.15) is 5.56 Å². The number of aliphatic imine (C=N–C) groups is 1. The van der Waals surface area contributed by atoms with Crippen molar-refractivity contribution in [2.75, 3.05) is 19.6 Å². The first-order chi connectivity index (χ1) is 10.7. The zero-order valence-electron chi connectivity index (χ0n) is 11.6. The molecule has 1 fully saturated rings. The largest absolute Gasteiger partial charge is 0.363 e. The molecule has 1 saturated heterocycles. The summed E-state index contributed by atoms with van der Waals surface area (Å²) in [6.07, 6.45) is 3.38. The van der Waals surface area contributed by atoms with Gasteiger partial charge in [-0.2, -0.15) is 0 Å². The molecule has 0 atom stereocenters. The van der Waals surface area contributed by atoms with Crippen molar-refractivity contribution in [3.8, 4) is 0 Å². The van der Waals surface area contributed by atoms with Gasteiger partial charge in [-0.15, -0.1) is 0 Å². The number of aromatic nitrogens is 2. The Morgan fingerprint density at radius 1 is 1.36 bits per heavy atom. The van der Waals surface area contributed by atoms with Crippen LogP contribution in [-0.4, -0.2) is 41.5 Å². The van der Waals surface area contributed by atoms with Gasteiger partial charge in [-0.1, -0.05) is 11.6 Å². The van der Waals surface area contributed by atoms with Gasteiger partial charge in [0.2, 0.25) is 0 Å². The van der Waals surface area contributed by atoms with Crippen LogP contribution >= 0.6 is 11.6 Å². The van der Waals surface area contributed by atoms with E-state index in [1.165, 1.54) is 0 Å². The summed E-state index contributed by atoms with van der Waals surface area (Å²) in [7, 11) is 0. The molecule has 0 aliphatic carbocycles. The van der Waals surface area contributed by atoms with Crippen LogP contribution in [0.15, 0.2) is 35.1 Å². The third-order valence-corrected chi connectivity index (χ3v) is 3.97. The highest BCUT2D eigenvalue weighted by Gasteiger charge is 2.23. The molecule has 0 spiro atoms. The van der Waals surface area contributed by atoms with E-state index in [9.17, 15) is 4.39 Å². The number of hydrogen-bond acceptors (Lipinski definition) is 5. The molecule has 4 N–H and O–H groups in total. The fraction of sp³-hybridized carbons (Fsp3) is 0.286. The second-order valence-corrected chi connectivity index (χ2v) is 5.76. The van der Waals surface area contributed by atoms with E-state index in [4.69, 9.17) is 11.6 Å². The van der Waals surface area contributed by atoms with Gasteiger partial charge in [0.1, 0.15) is 11.5 Å². The van der Waals surface area contributed by atoms with Gasteiger partial charge in [0.25, 0.3) is 0 Å². The van der Waals surface area contributed by atoms with E-state index in [1.807, 2.05) is 6.07 Å². The molecular weight excluding hydrogens is 307 g/mol. The molecule has 114 valence electrons. The summed E-state index contributed by atoms with van der Waals surface area (Å²) in [5.41, 5.74) is 1.54. The Balaban J connectivity index is 1.71. The lowest BCUT2D eigenvalue weighted by Gasteiger charge is -2.30. The van der Waals surface area contributed by atoms with Gasteiger partial charge in [-0.3, -0.25) is 0 Å². The molecule has 2 aromatic rings. The van der Waals surface area contributed by atoms with Crippen molar-refractivity contribution in [3.05, 3.63) is 40.7 Å². The molecule has 2 aromatic heterocycles. The molecule has 0 radical (unpaired) electrons. The number of amidine groups is 1. The predicted molar refractivity (Wildman–Crippen MR) is 83.6 cm³/mol. The minimum Gasteiger partial charge on any atom is -0.363 e. The Hall–Kier alpha value is -2.12. The first-order valence-electron chi connectivity index (χ1n) is 7.02. The maximum Gasteiger partial charge on any atom is 0.162 e. The number of pyridine rings is 1. The summed E-state index contributed by atoms with van der Waals surface area (Å²) >= 11 is 6.01. The van der Waals surface area contributed by atoms with Crippen molar-refractivity contribution in [3.63, 3.8) is 0 Å². The van der Waals surface area contributed by atoms with Gasteiger partial charge < -0.3 is 20.9 Å². The van der Waals surface area contributed by atoms with Gasteiger partial charge in [-0.05, 0) is 6.07 Å². The van der Waals surface area contributed by atoms with E-state index in [2.05, 4.69) is 30.9 Å². The van der Waals surface area contributed by atoms with E-state index in [1.54, 1.807) is 12.4 Å². The average Bonchev–Trinajstić information content (AvgIpc) is 2.87. The Morgan fingerprint density at radius 3 is 3.00 bits per heavy atom. The summed E-state index contributed by atoms with van der Waals surface area (Å²) in [6, 6.07) is 2.04. The van der Waals surface area contributed by atoms with Crippen molar-refractivity contribution in [2.24, 2.45) is 4.99 Å². The van der Waals surface area contributed by atoms with Gasteiger partial charge in [0.05, 0.1) is 17.6 Å². The number of rotatable bonds is 3. The van der Waals surface area contributed by atoms with Gasteiger partial charge >= 0.3 is 0 Å². The Kier molecular flexibility index (Phi) is 3.24. The van der Waals surface area contributed by atoms with Crippen molar-refractivity contribution in [2.45, 2.75) is 6.04 Å². The highest BCUT2D eigenvalue weighted by Crippen LogP contribution is 2.22. The SMILES string of the molecule is FC1=C(NC2CNC2)N=C(c2c[nH]c3ncc(Cl)cc23)NC1. The minimum absolute atomic E-state index is 0.113. The average molecular weight is 321 g/mol. The highest BCUT2D eigenvalue weighted by molar-refractivity contribution is 6.31. The number of nitrogens with one attached hydrogen (secondary N) is 4. The molecule has 0 saturated carbocycles. The predicted octanol–water partition coefficient (Wildman–Crippen LogP) is 1.27. The van der Waals surface area contributed by atoms with Crippen LogP contribution in [0, 0.1) is 0 Å². The third kappa shape index (κ3) is 2.32.